The lowest BCUT2D eigenvalue weighted by Crippen LogP contribution is -2.56. The maximum absolute atomic E-state index is 12.7. The second-order valence-corrected chi connectivity index (χ2v) is 7.31. The molecule has 25 heavy (non-hydrogen) atoms. The van der Waals surface area contributed by atoms with Gasteiger partial charge in [0, 0.05) is 37.8 Å². The summed E-state index contributed by atoms with van der Waals surface area (Å²) in [5, 5.41) is 13.3. The van der Waals surface area contributed by atoms with Crippen LogP contribution in [0.3, 0.4) is 0 Å². The van der Waals surface area contributed by atoms with Crippen LogP contribution in [0.5, 0.6) is 0 Å². The Balaban J connectivity index is 1.56. The van der Waals surface area contributed by atoms with Gasteiger partial charge in [-0.05, 0) is 45.2 Å². The van der Waals surface area contributed by atoms with E-state index in [0.29, 0.717) is 25.4 Å². The number of carbonyl (C=O) groups is 1. The van der Waals surface area contributed by atoms with Crippen molar-refractivity contribution in [2.75, 3.05) is 26.2 Å². The molecule has 1 aromatic rings. The number of piperidine rings is 1. The van der Waals surface area contributed by atoms with E-state index in [1.807, 2.05) is 18.5 Å². The van der Waals surface area contributed by atoms with Crippen LogP contribution in [0, 0.1) is 25.2 Å². The first-order valence-corrected chi connectivity index (χ1v) is 9.52. The van der Waals surface area contributed by atoms with Crippen LogP contribution in [0.15, 0.2) is 0 Å². The summed E-state index contributed by atoms with van der Waals surface area (Å²) in [5.41, 5.74) is 3.25. The van der Waals surface area contributed by atoms with Crippen molar-refractivity contribution in [3.05, 3.63) is 17.0 Å². The number of hydrogen-bond donors (Lipinski definition) is 0. The van der Waals surface area contributed by atoms with Gasteiger partial charge in [-0.25, -0.2) is 0 Å². The van der Waals surface area contributed by atoms with Crippen molar-refractivity contribution in [2.24, 2.45) is 0 Å². The van der Waals surface area contributed by atoms with Gasteiger partial charge in [-0.3, -0.25) is 14.4 Å². The Bertz CT molecular complexity index is 660. The summed E-state index contributed by atoms with van der Waals surface area (Å²) >= 11 is 0. The van der Waals surface area contributed by atoms with Crippen LogP contribution < -0.4 is 0 Å². The third-order valence-corrected chi connectivity index (χ3v) is 5.75. The Morgan fingerprint density at radius 1 is 1.28 bits per heavy atom. The van der Waals surface area contributed by atoms with Crippen molar-refractivity contribution in [3.8, 4) is 6.07 Å². The smallest absolute Gasteiger partial charge is 0.223 e. The molecule has 0 aliphatic carbocycles. The zero-order valence-electron chi connectivity index (χ0n) is 15.5. The molecule has 1 amide bonds. The third kappa shape index (κ3) is 4.04. The van der Waals surface area contributed by atoms with Gasteiger partial charge < -0.3 is 4.90 Å². The molecule has 1 unspecified atom stereocenters. The molecule has 2 aliphatic rings. The van der Waals surface area contributed by atoms with E-state index in [1.165, 1.54) is 31.4 Å². The van der Waals surface area contributed by atoms with E-state index in [0.717, 1.165) is 37.4 Å². The van der Waals surface area contributed by atoms with E-state index in [2.05, 4.69) is 21.0 Å². The number of aryl methyl sites for hydroxylation is 2. The molecule has 1 aromatic heterocycles. The molecule has 136 valence electrons. The molecule has 6 heteroatoms. The first-order valence-electron chi connectivity index (χ1n) is 9.52. The highest BCUT2D eigenvalue weighted by atomic mass is 16.2. The fourth-order valence-corrected chi connectivity index (χ4v) is 4.24. The van der Waals surface area contributed by atoms with E-state index in [4.69, 9.17) is 5.26 Å². The molecule has 2 fully saturated rings. The lowest BCUT2D eigenvalue weighted by molar-refractivity contribution is -0.134. The van der Waals surface area contributed by atoms with Crippen molar-refractivity contribution in [3.63, 3.8) is 0 Å². The molecule has 0 spiro atoms. The van der Waals surface area contributed by atoms with Crippen LogP contribution in [0.25, 0.3) is 0 Å². The molecule has 0 aromatic carbocycles. The van der Waals surface area contributed by atoms with Gasteiger partial charge in [0.15, 0.2) is 0 Å². The van der Waals surface area contributed by atoms with Crippen molar-refractivity contribution in [1.29, 1.82) is 5.26 Å². The zero-order valence-corrected chi connectivity index (χ0v) is 15.5. The van der Waals surface area contributed by atoms with Crippen LogP contribution in [-0.4, -0.2) is 57.7 Å². The molecule has 0 bridgehead atoms. The quantitative estimate of drug-likeness (QED) is 0.821. The highest BCUT2D eigenvalue weighted by Crippen LogP contribution is 2.22. The maximum Gasteiger partial charge on any atom is 0.223 e. The van der Waals surface area contributed by atoms with Crippen LogP contribution in [0.2, 0.25) is 0 Å². The molecule has 2 aliphatic heterocycles. The first-order chi connectivity index (χ1) is 12.1. The largest absolute Gasteiger partial charge is 0.340 e. The second kappa shape index (κ2) is 8.01. The third-order valence-electron chi connectivity index (χ3n) is 5.75. The Hall–Kier alpha value is -1.87. The SMILES string of the molecule is Cc1nn(CCC#N)c(C)c1CCC(=O)N1CCN2CCCCC2C1. The Kier molecular flexibility index (Phi) is 5.74. The van der Waals surface area contributed by atoms with Gasteiger partial charge in [0.2, 0.25) is 5.91 Å². The number of fused-ring (bicyclic) bond motifs is 1. The van der Waals surface area contributed by atoms with E-state index in [-0.39, 0.29) is 5.91 Å². The van der Waals surface area contributed by atoms with Gasteiger partial charge in [-0.15, -0.1) is 0 Å². The van der Waals surface area contributed by atoms with E-state index >= 15 is 0 Å². The molecule has 1 atom stereocenters. The van der Waals surface area contributed by atoms with Gasteiger partial charge in [-0.2, -0.15) is 10.4 Å². The average Bonchev–Trinajstić information content (AvgIpc) is 2.90. The van der Waals surface area contributed by atoms with Crippen molar-refractivity contribution >= 4 is 5.91 Å². The molecule has 6 nitrogen and oxygen atoms in total. The van der Waals surface area contributed by atoms with Gasteiger partial charge in [-0.1, -0.05) is 6.42 Å². The molecular formula is C19H29N5O. The minimum absolute atomic E-state index is 0.272. The lowest BCUT2D eigenvalue weighted by atomic mass is 9.99. The number of aromatic nitrogens is 2. The minimum Gasteiger partial charge on any atom is -0.340 e. The monoisotopic (exact) mass is 343 g/mol. The van der Waals surface area contributed by atoms with Crippen LogP contribution in [0.4, 0.5) is 0 Å². The number of carbonyl (C=O) groups excluding carboxylic acids is 1. The highest BCUT2D eigenvalue weighted by Gasteiger charge is 2.30. The number of piperazine rings is 1. The summed E-state index contributed by atoms with van der Waals surface area (Å²) in [4.78, 5) is 17.3. The van der Waals surface area contributed by atoms with E-state index in [9.17, 15) is 4.79 Å². The Labute approximate surface area is 150 Å². The number of nitrogens with zero attached hydrogens (tertiary/aromatic N) is 5. The zero-order chi connectivity index (χ0) is 17.8. The van der Waals surface area contributed by atoms with Crippen molar-refractivity contribution < 1.29 is 4.79 Å². The predicted molar refractivity (Wildman–Crippen MR) is 96.0 cm³/mol. The van der Waals surface area contributed by atoms with Gasteiger partial charge in [0.1, 0.15) is 0 Å². The summed E-state index contributed by atoms with van der Waals surface area (Å²) in [7, 11) is 0. The van der Waals surface area contributed by atoms with Gasteiger partial charge >= 0.3 is 0 Å². The van der Waals surface area contributed by atoms with Crippen molar-refractivity contribution in [2.45, 2.75) is 65.0 Å². The molecule has 0 N–H and O–H groups in total. The molecule has 3 heterocycles. The first kappa shape index (κ1) is 17.9. The van der Waals surface area contributed by atoms with Crippen LogP contribution >= 0.6 is 0 Å². The molecule has 0 radical (unpaired) electrons. The summed E-state index contributed by atoms with van der Waals surface area (Å²) in [6, 6.07) is 2.74. The Morgan fingerprint density at radius 2 is 2.12 bits per heavy atom. The maximum atomic E-state index is 12.7. The highest BCUT2D eigenvalue weighted by molar-refractivity contribution is 5.76. The van der Waals surface area contributed by atoms with Gasteiger partial charge in [0.25, 0.3) is 0 Å². The second-order valence-electron chi connectivity index (χ2n) is 7.31. The van der Waals surface area contributed by atoms with Crippen LogP contribution in [0.1, 0.15) is 49.1 Å². The summed E-state index contributed by atoms with van der Waals surface area (Å²) < 4.78 is 1.90. The topological polar surface area (TPSA) is 65.2 Å². The average molecular weight is 343 g/mol. The predicted octanol–water partition coefficient (Wildman–Crippen LogP) is 2.04. The molecule has 0 saturated carbocycles. The van der Waals surface area contributed by atoms with E-state index in [1.54, 1.807) is 0 Å². The van der Waals surface area contributed by atoms with Crippen LogP contribution in [-0.2, 0) is 17.8 Å². The lowest BCUT2D eigenvalue weighted by Gasteiger charge is -2.44. The number of hydrogen-bond acceptors (Lipinski definition) is 4. The summed E-state index contributed by atoms with van der Waals surface area (Å²) in [6.07, 6.45) is 5.59. The minimum atomic E-state index is 0.272. The molecule has 3 rings (SSSR count). The fourth-order valence-electron chi connectivity index (χ4n) is 4.24. The normalized spacial score (nSPS) is 21.0. The molecular weight excluding hydrogens is 314 g/mol. The van der Waals surface area contributed by atoms with Crippen molar-refractivity contribution in [1.82, 2.24) is 19.6 Å². The van der Waals surface area contributed by atoms with Gasteiger partial charge in [0.05, 0.1) is 24.7 Å². The Morgan fingerprint density at radius 3 is 2.92 bits per heavy atom. The number of amides is 1. The summed E-state index contributed by atoms with van der Waals surface area (Å²) in [6.45, 7) is 8.66. The van der Waals surface area contributed by atoms with E-state index < -0.39 is 0 Å². The number of nitriles is 1. The standard InChI is InChI=1S/C19H29N5O/c1-15-18(16(2)24(21-15)11-5-9-20)7-8-19(25)23-13-12-22-10-4-3-6-17(22)14-23/h17H,3-8,10-14H2,1-2H3. The number of rotatable bonds is 5. The molecule has 2 saturated heterocycles. The summed E-state index contributed by atoms with van der Waals surface area (Å²) in [5.74, 6) is 0.272. The fraction of sp³-hybridized carbons (Fsp3) is 0.737.